The number of rotatable bonds is 13. The van der Waals surface area contributed by atoms with Crippen LogP contribution in [-0.2, 0) is 14.3 Å². The minimum Gasteiger partial charge on any atom is -0.495 e. The molecule has 1 aromatic heterocycles. The number of aromatic nitrogens is 2. The molecule has 11 heteroatoms. The zero-order valence-electron chi connectivity index (χ0n) is 17.3. The number of carbonyl (C=O) groups is 2. The highest BCUT2D eigenvalue weighted by atomic mass is 32.2. The maximum atomic E-state index is 12.1. The van der Waals surface area contributed by atoms with E-state index in [4.69, 9.17) is 9.47 Å². The third kappa shape index (κ3) is 8.56. The molecule has 1 aromatic carbocycles. The fraction of sp³-hybridized carbons (Fsp3) is 0.474. The third-order valence-corrected chi connectivity index (χ3v) is 5.77. The lowest BCUT2D eigenvalue weighted by Crippen LogP contribution is -2.34. The highest BCUT2D eigenvalue weighted by Crippen LogP contribution is 2.26. The summed E-state index contributed by atoms with van der Waals surface area (Å²) < 4.78 is 11.2. The van der Waals surface area contributed by atoms with Crippen LogP contribution in [-0.4, -0.2) is 61.2 Å². The molecule has 30 heavy (non-hydrogen) atoms. The van der Waals surface area contributed by atoms with Crippen LogP contribution in [0.3, 0.4) is 0 Å². The number of aryl methyl sites for hydroxylation is 1. The molecule has 0 fully saturated rings. The lowest BCUT2D eigenvalue weighted by Gasteiger charge is -2.11. The van der Waals surface area contributed by atoms with Gasteiger partial charge in [0.2, 0.25) is 16.9 Å². The topological polar surface area (TPSA) is 114 Å². The van der Waals surface area contributed by atoms with Crippen LogP contribution >= 0.6 is 23.1 Å². The van der Waals surface area contributed by atoms with Crippen LogP contribution in [0, 0.1) is 6.92 Å². The van der Waals surface area contributed by atoms with Crippen molar-refractivity contribution >= 4 is 45.7 Å². The largest absolute Gasteiger partial charge is 0.495 e. The SMILES string of the molecule is CCOCCCNc1nnc(SCC(=O)NCC(=O)Nc2cc(C)ccc2OC)s1. The molecule has 0 spiro atoms. The fourth-order valence-electron chi connectivity index (χ4n) is 2.32. The van der Waals surface area contributed by atoms with E-state index in [1.807, 2.05) is 26.0 Å². The summed E-state index contributed by atoms with van der Waals surface area (Å²) in [5.41, 5.74) is 1.56. The molecule has 0 aliphatic carbocycles. The van der Waals surface area contributed by atoms with Crippen LogP contribution in [0.2, 0.25) is 0 Å². The quantitative estimate of drug-likeness (QED) is 0.313. The standard InChI is InChI=1S/C19H27N5O4S2/c1-4-28-9-5-8-20-18-23-24-19(30-18)29-12-17(26)21-11-16(25)22-14-10-13(2)6-7-15(14)27-3/h6-7,10H,4-5,8-9,11-12H2,1-3H3,(H,20,23)(H,21,26)(H,22,25). The Labute approximate surface area is 184 Å². The monoisotopic (exact) mass is 453 g/mol. The molecule has 0 aliphatic rings. The first-order valence-corrected chi connectivity index (χ1v) is 11.3. The van der Waals surface area contributed by atoms with Crippen molar-refractivity contribution in [3.8, 4) is 5.75 Å². The van der Waals surface area contributed by atoms with E-state index < -0.39 is 0 Å². The molecular formula is C19H27N5O4S2. The van der Waals surface area contributed by atoms with Crippen LogP contribution in [0.1, 0.15) is 18.9 Å². The summed E-state index contributed by atoms with van der Waals surface area (Å²) in [6.45, 7) is 5.92. The molecule has 2 rings (SSSR count). The summed E-state index contributed by atoms with van der Waals surface area (Å²) >= 11 is 2.66. The summed E-state index contributed by atoms with van der Waals surface area (Å²) in [5, 5.41) is 17.3. The van der Waals surface area contributed by atoms with Gasteiger partial charge in [0.1, 0.15) is 5.75 Å². The normalized spacial score (nSPS) is 10.5. The third-order valence-electron chi connectivity index (χ3n) is 3.75. The van der Waals surface area contributed by atoms with Crippen molar-refractivity contribution in [1.29, 1.82) is 0 Å². The smallest absolute Gasteiger partial charge is 0.243 e. The summed E-state index contributed by atoms with van der Waals surface area (Å²) in [6, 6.07) is 5.49. The number of nitrogens with one attached hydrogen (secondary N) is 3. The Morgan fingerprint density at radius 3 is 2.83 bits per heavy atom. The Morgan fingerprint density at radius 1 is 1.23 bits per heavy atom. The summed E-state index contributed by atoms with van der Waals surface area (Å²) in [4.78, 5) is 24.1. The van der Waals surface area contributed by atoms with Crippen molar-refractivity contribution < 1.29 is 19.1 Å². The highest BCUT2D eigenvalue weighted by molar-refractivity contribution is 8.01. The lowest BCUT2D eigenvalue weighted by atomic mass is 10.2. The van der Waals surface area contributed by atoms with Crippen molar-refractivity contribution in [3.05, 3.63) is 23.8 Å². The second kappa shape index (κ2) is 13.0. The molecule has 3 N–H and O–H groups in total. The number of hydrogen-bond acceptors (Lipinski definition) is 9. The molecule has 9 nitrogen and oxygen atoms in total. The minimum absolute atomic E-state index is 0.126. The Kier molecular flexibility index (Phi) is 10.4. The summed E-state index contributed by atoms with van der Waals surface area (Å²) in [5.74, 6) is 0.133. The molecule has 0 saturated carbocycles. The molecule has 164 valence electrons. The molecule has 1 heterocycles. The van der Waals surface area contributed by atoms with Crippen LogP contribution in [0.25, 0.3) is 0 Å². The molecule has 0 unspecified atom stereocenters. The highest BCUT2D eigenvalue weighted by Gasteiger charge is 2.11. The van der Waals surface area contributed by atoms with Gasteiger partial charge in [-0.15, -0.1) is 10.2 Å². The predicted octanol–water partition coefficient (Wildman–Crippen LogP) is 2.54. The average molecular weight is 454 g/mol. The van der Waals surface area contributed by atoms with E-state index in [1.54, 1.807) is 6.07 Å². The minimum atomic E-state index is -0.327. The van der Waals surface area contributed by atoms with Gasteiger partial charge < -0.3 is 25.4 Å². The van der Waals surface area contributed by atoms with Crippen LogP contribution < -0.4 is 20.7 Å². The number of amides is 2. The first kappa shape index (κ1) is 23.9. The number of thioether (sulfide) groups is 1. The van der Waals surface area contributed by atoms with Gasteiger partial charge in [-0.05, 0) is 38.0 Å². The number of benzene rings is 1. The van der Waals surface area contributed by atoms with Gasteiger partial charge in [-0.1, -0.05) is 29.2 Å². The van der Waals surface area contributed by atoms with Crippen molar-refractivity contribution in [3.63, 3.8) is 0 Å². The van der Waals surface area contributed by atoms with Crippen molar-refractivity contribution in [2.45, 2.75) is 24.6 Å². The van der Waals surface area contributed by atoms with E-state index in [9.17, 15) is 9.59 Å². The van der Waals surface area contributed by atoms with E-state index in [1.165, 1.54) is 30.2 Å². The van der Waals surface area contributed by atoms with Crippen molar-refractivity contribution in [2.24, 2.45) is 0 Å². The molecule has 2 aromatic rings. The van der Waals surface area contributed by atoms with E-state index in [-0.39, 0.29) is 24.1 Å². The number of hydrogen-bond donors (Lipinski definition) is 3. The predicted molar refractivity (Wildman–Crippen MR) is 120 cm³/mol. The number of anilines is 2. The van der Waals surface area contributed by atoms with E-state index in [0.29, 0.717) is 34.1 Å². The number of ether oxygens (including phenoxy) is 2. The first-order valence-electron chi connectivity index (χ1n) is 9.51. The second-order valence-electron chi connectivity index (χ2n) is 6.17. The Morgan fingerprint density at radius 2 is 2.07 bits per heavy atom. The van der Waals surface area contributed by atoms with E-state index in [0.717, 1.165) is 18.5 Å². The summed E-state index contributed by atoms with van der Waals surface area (Å²) in [7, 11) is 1.54. The van der Waals surface area contributed by atoms with Crippen LogP contribution in [0.15, 0.2) is 22.5 Å². The van der Waals surface area contributed by atoms with Gasteiger partial charge >= 0.3 is 0 Å². The summed E-state index contributed by atoms with van der Waals surface area (Å²) in [6.07, 6.45) is 0.884. The first-order chi connectivity index (χ1) is 14.5. The Hall–Kier alpha value is -2.37. The molecule has 0 radical (unpaired) electrons. The van der Waals surface area contributed by atoms with Gasteiger partial charge in [0.15, 0.2) is 4.34 Å². The van der Waals surface area contributed by atoms with E-state index >= 15 is 0 Å². The second-order valence-corrected chi connectivity index (χ2v) is 8.37. The number of nitrogens with zero attached hydrogens (tertiary/aromatic N) is 2. The van der Waals surface area contributed by atoms with Crippen molar-refractivity contribution in [2.75, 3.05) is 49.8 Å². The zero-order valence-corrected chi connectivity index (χ0v) is 19.0. The van der Waals surface area contributed by atoms with Crippen LogP contribution in [0.4, 0.5) is 10.8 Å². The molecular weight excluding hydrogens is 426 g/mol. The molecule has 2 amide bonds. The lowest BCUT2D eigenvalue weighted by molar-refractivity contribution is -0.122. The van der Waals surface area contributed by atoms with E-state index in [2.05, 4.69) is 26.1 Å². The maximum absolute atomic E-state index is 12.1. The fourth-order valence-corrected chi connectivity index (χ4v) is 3.93. The van der Waals surface area contributed by atoms with Gasteiger partial charge in [0.05, 0.1) is 25.1 Å². The van der Waals surface area contributed by atoms with Gasteiger partial charge in [-0.25, -0.2) is 0 Å². The average Bonchev–Trinajstić information content (AvgIpc) is 3.18. The Balaban J connectivity index is 1.68. The number of methoxy groups -OCH3 is 1. The maximum Gasteiger partial charge on any atom is 0.243 e. The van der Waals surface area contributed by atoms with Gasteiger partial charge in [0, 0.05) is 19.8 Å². The van der Waals surface area contributed by atoms with Gasteiger partial charge in [-0.2, -0.15) is 0 Å². The van der Waals surface area contributed by atoms with Gasteiger partial charge in [0.25, 0.3) is 0 Å². The molecule has 0 aliphatic heterocycles. The molecule has 0 bridgehead atoms. The van der Waals surface area contributed by atoms with Gasteiger partial charge in [-0.3, -0.25) is 9.59 Å². The number of carbonyl (C=O) groups excluding carboxylic acids is 2. The van der Waals surface area contributed by atoms with Crippen LogP contribution in [0.5, 0.6) is 5.75 Å². The zero-order chi connectivity index (χ0) is 21.8. The van der Waals surface area contributed by atoms with Crippen molar-refractivity contribution in [1.82, 2.24) is 15.5 Å². The molecule has 0 atom stereocenters. The molecule has 0 saturated heterocycles. The Bertz CT molecular complexity index is 831.